The number of hydrogen-bond acceptors (Lipinski definition) is 20. The van der Waals surface area contributed by atoms with Crippen molar-refractivity contribution >= 4 is 77.0 Å². The fraction of sp³-hybridized carbons (Fsp3) is 0.545. The SMILES string of the molecule is O=C(O)CCC(NC(=O)NC(CCC(=O)NCCCCCCCC(=O)N[C@@H](Cc1ccccc1)C(=O)N[C@@H](Cc1ccccc1)C(=O)NCCNC(=O)CCC(=O)Nc1ccc(CC(CN2CCN(CC(=O)O)CCN(CC(=O)O)CC2)N(CC(O)O)CC(O)O)cc1)C(=O)O)C(=O)O. The number of nitrogens with zero attached hydrogens (tertiary/aromatic N) is 4. The van der Waals surface area contributed by atoms with E-state index in [4.69, 9.17) is 5.11 Å². The van der Waals surface area contributed by atoms with Gasteiger partial charge < -0.3 is 88.5 Å². The lowest BCUT2D eigenvalue weighted by Gasteiger charge is -2.37. The van der Waals surface area contributed by atoms with Gasteiger partial charge in [-0.1, -0.05) is 92.1 Å². The zero-order valence-corrected chi connectivity index (χ0v) is 55.3. The molecule has 0 saturated carbocycles. The first-order valence-corrected chi connectivity index (χ1v) is 32.9. The molecule has 33 nitrogen and oxygen atoms in total. The van der Waals surface area contributed by atoms with Crippen molar-refractivity contribution in [1.82, 2.24) is 56.8 Å². The number of amides is 8. The quantitative estimate of drug-likeness (QED) is 0.0222. The van der Waals surface area contributed by atoms with Crippen LogP contribution in [0.3, 0.4) is 0 Å². The van der Waals surface area contributed by atoms with Gasteiger partial charge in [0, 0.05) is 135 Å². The van der Waals surface area contributed by atoms with Crippen molar-refractivity contribution in [2.45, 2.75) is 139 Å². The van der Waals surface area contributed by atoms with Gasteiger partial charge in [0.1, 0.15) is 24.2 Å². The summed E-state index contributed by atoms with van der Waals surface area (Å²) >= 11 is 0. The third-order valence-electron chi connectivity index (χ3n) is 16.0. The van der Waals surface area contributed by atoms with Gasteiger partial charge in [-0.15, -0.1) is 0 Å². The largest absolute Gasteiger partial charge is 0.481 e. The van der Waals surface area contributed by atoms with Gasteiger partial charge in [0.25, 0.3) is 0 Å². The number of nitrogens with one attached hydrogen (secondary N) is 8. The summed E-state index contributed by atoms with van der Waals surface area (Å²) in [5, 5.41) is 107. The van der Waals surface area contributed by atoms with Crippen LogP contribution in [0.25, 0.3) is 0 Å². The van der Waals surface area contributed by atoms with Crippen LogP contribution in [0.15, 0.2) is 84.9 Å². The predicted molar refractivity (Wildman–Crippen MR) is 356 cm³/mol. The van der Waals surface area contributed by atoms with E-state index in [1.165, 1.54) is 4.90 Å². The first kappa shape index (κ1) is 82.2. The van der Waals surface area contributed by atoms with Crippen LogP contribution in [0.2, 0.25) is 0 Å². The lowest BCUT2D eigenvalue weighted by Crippen LogP contribution is -2.55. The molecular weight excluding hydrogens is 1300 g/mol. The molecule has 1 saturated heterocycles. The minimum Gasteiger partial charge on any atom is -0.481 e. The molecule has 0 radical (unpaired) electrons. The van der Waals surface area contributed by atoms with E-state index >= 15 is 0 Å². The first-order valence-electron chi connectivity index (χ1n) is 32.9. The Labute approximate surface area is 573 Å². The number of aliphatic hydroxyl groups excluding tert-OH is 2. The summed E-state index contributed by atoms with van der Waals surface area (Å²) in [7, 11) is 0. The Kier molecular flexibility index (Phi) is 37.7. The molecule has 0 aromatic heterocycles. The van der Waals surface area contributed by atoms with Crippen molar-refractivity contribution in [3.63, 3.8) is 0 Å². The number of aliphatic carboxylic acids is 5. The molecule has 17 N–H and O–H groups in total. The van der Waals surface area contributed by atoms with Crippen LogP contribution < -0.4 is 42.5 Å². The van der Waals surface area contributed by atoms with Crippen LogP contribution in [0.4, 0.5) is 10.5 Å². The summed E-state index contributed by atoms with van der Waals surface area (Å²) in [6.07, 6.45) is -2.14. The molecule has 546 valence electrons. The number of carbonyl (C=O) groups excluding carboxylic acids is 7. The number of unbranched alkanes of at least 4 members (excludes halogenated alkanes) is 4. The highest BCUT2D eigenvalue weighted by atomic mass is 16.5. The molecule has 1 aliphatic heterocycles. The minimum absolute atomic E-state index is 0.0262. The maximum Gasteiger partial charge on any atom is 0.326 e. The molecular formula is C66H96N12O21. The van der Waals surface area contributed by atoms with E-state index in [0.717, 1.165) is 16.7 Å². The smallest absolute Gasteiger partial charge is 0.326 e. The van der Waals surface area contributed by atoms with Crippen LogP contribution in [-0.2, 0) is 72.0 Å². The number of aliphatic hydroxyl groups is 4. The highest BCUT2D eigenvalue weighted by Gasteiger charge is 2.31. The average molecular weight is 1390 g/mol. The van der Waals surface area contributed by atoms with Crippen molar-refractivity contribution in [3.8, 4) is 0 Å². The number of urea groups is 1. The van der Waals surface area contributed by atoms with Crippen LogP contribution in [-0.4, -0.2) is 271 Å². The van der Waals surface area contributed by atoms with Crippen molar-refractivity contribution in [2.24, 2.45) is 0 Å². The summed E-state index contributed by atoms with van der Waals surface area (Å²) in [6.45, 7) is 1.25. The molecule has 1 aliphatic rings. The van der Waals surface area contributed by atoms with Crippen molar-refractivity contribution in [3.05, 3.63) is 102 Å². The van der Waals surface area contributed by atoms with Gasteiger partial charge in [-0.2, -0.15) is 0 Å². The summed E-state index contributed by atoms with van der Waals surface area (Å²) in [5.74, 6) is -9.38. The normalized spacial score (nSPS) is 14.6. The molecule has 3 aromatic carbocycles. The van der Waals surface area contributed by atoms with Crippen LogP contribution in [0.1, 0.15) is 93.7 Å². The highest BCUT2D eigenvalue weighted by molar-refractivity contribution is 5.94. The molecule has 5 atom stereocenters. The zero-order chi connectivity index (χ0) is 72.7. The van der Waals surface area contributed by atoms with Crippen LogP contribution in [0, 0.1) is 0 Å². The first-order chi connectivity index (χ1) is 47.2. The molecule has 8 amide bonds. The third-order valence-corrected chi connectivity index (χ3v) is 16.0. The summed E-state index contributed by atoms with van der Waals surface area (Å²) in [4.78, 5) is 156. The second kappa shape index (κ2) is 45.4. The Hall–Kier alpha value is -9.22. The zero-order valence-electron chi connectivity index (χ0n) is 55.3. The standard InChI is InChI=1S/C66H96N12O21/c79-53(23-21-49(64(95)96)73-66(99)74-50(65(97)98)22-26-57(83)84)67-27-11-3-1-2-10-16-55(81)71-52(38-45-14-8-5-9-15-45)63(94)72-51(37-44-12-6-4-7-13-44)62(93)69-29-28-68-54(80)24-25-56(82)70-47-19-17-46(18-20-47)36-48(78(42-60(89)90)43-61(91)92)39-75-30-32-76(40-58(85)86)34-35-77(33-31-75)41-59(87)88/h4-9,12-15,17-20,48-52,60-61,89-92H,1-3,10-11,16,21-43H2,(H,67,79)(H,68,80)(H,69,93)(H,70,82)(H,71,81)(H,72,94)(H,83,84)(H,85,86)(H,87,88)(H,95,96)(H,97,98)(H2,73,74,99)/t48?,49?,50?,51-,52-/m0/s1. The molecule has 3 aromatic rings. The Morgan fingerprint density at radius 2 is 0.859 bits per heavy atom. The summed E-state index contributed by atoms with van der Waals surface area (Å²) in [5.41, 5.74) is 2.59. The number of carbonyl (C=O) groups is 12. The van der Waals surface area contributed by atoms with E-state index in [-0.39, 0.29) is 104 Å². The topological polar surface area (TPSA) is 496 Å². The van der Waals surface area contributed by atoms with E-state index < -0.39 is 127 Å². The maximum absolute atomic E-state index is 14.1. The molecule has 0 spiro atoms. The molecule has 4 rings (SSSR count). The molecule has 1 fully saturated rings. The average Bonchev–Trinajstić information content (AvgIpc) is 1.82. The fourth-order valence-corrected chi connectivity index (χ4v) is 10.8. The Morgan fingerprint density at radius 1 is 0.404 bits per heavy atom. The number of rotatable bonds is 46. The van der Waals surface area contributed by atoms with Gasteiger partial charge in [-0.25, -0.2) is 14.4 Å². The minimum atomic E-state index is -1.84. The second-order valence-corrected chi connectivity index (χ2v) is 24.1. The third kappa shape index (κ3) is 35.7. The number of benzene rings is 3. The number of hydrogen-bond donors (Lipinski definition) is 17. The van der Waals surface area contributed by atoms with E-state index in [1.54, 1.807) is 94.7 Å². The molecule has 33 heteroatoms. The summed E-state index contributed by atoms with van der Waals surface area (Å²) in [6, 6.07) is 17.6. The summed E-state index contributed by atoms with van der Waals surface area (Å²) < 4.78 is 0. The van der Waals surface area contributed by atoms with Gasteiger partial charge in [0.15, 0.2) is 12.6 Å². The van der Waals surface area contributed by atoms with Crippen molar-refractivity contribution < 1.29 is 103 Å². The van der Waals surface area contributed by atoms with Crippen LogP contribution >= 0.6 is 0 Å². The second-order valence-electron chi connectivity index (χ2n) is 24.1. The molecule has 99 heavy (non-hydrogen) atoms. The number of anilines is 1. The molecule has 3 unspecified atom stereocenters. The lowest BCUT2D eigenvalue weighted by molar-refractivity contribution is -0.141. The van der Waals surface area contributed by atoms with Gasteiger partial charge in [-0.3, -0.25) is 62.8 Å². The Morgan fingerprint density at radius 3 is 1.37 bits per heavy atom. The van der Waals surface area contributed by atoms with Gasteiger partial charge in [0.05, 0.1) is 13.1 Å². The number of carboxylic acid groups (broad SMARTS) is 5. The molecule has 0 aliphatic carbocycles. The molecule has 0 bridgehead atoms. The maximum atomic E-state index is 14.1. The Balaban J connectivity index is 1.24. The van der Waals surface area contributed by atoms with Crippen molar-refractivity contribution in [2.75, 3.05) is 96.9 Å². The molecule has 1 heterocycles. The van der Waals surface area contributed by atoms with E-state index in [2.05, 4.69) is 37.2 Å². The van der Waals surface area contributed by atoms with Crippen molar-refractivity contribution in [1.29, 1.82) is 0 Å². The number of carboxylic acids is 5. The highest BCUT2D eigenvalue weighted by Crippen LogP contribution is 2.18. The monoisotopic (exact) mass is 1390 g/mol. The fourth-order valence-electron chi connectivity index (χ4n) is 10.8. The van der Waals surface area contributed by atoms with Gasteiger partial charge >= 0.3 is 35.9 Å². The van der Waals surface area contributed by atoms with E-state index in [9.17, 15) is 98.4 Å². The van der Waals surface area contributed by atoms with Gasteiger partial charge in [-0.05, 0) is 60.9 Å². The lowest BCUT2D eigenvalue weighted by atomic mass is 10.0. The van der Waals surface area contributed by atoms with E-state index in [0.29, 0.717) is 77.1 Å². The van der Waals surface area contributed by atoms with E-state index in [1.807, 2.05) is 10.2 Å². The van der Waals surface area contributed by atoms with Crippen LogP contribution in [0.5, 0.6) is 0 Å². The predicted octanol–water partition coefficient (Wildman–Crippen LogP) is -1.68. The van der Waals surface area contributed by atoms with Gasteiger partial charge in [0.2, 0.25) is 35.4 Å². The Bertz CT molecular complexity index is 3020.